The summed E-state index contributed by atoms with van der Waals surface area (Å²) in [6.45, 7) is 5.71. The molecule has 0 spiro atoms. The van der Waals surface area contributed by atoms with Crippen LogP contribution < -0.4 is 4.90 Å². The van der Waals surface area contributed by atoms with Gasteiger partial charge in [-0.25, -0.2) is 17.2 Å². The van der Waals surface area contributed by atoms with Gasteiger partial charge in [-0.05, 0) is 43.0 Å². The van der Waals surface area contributed by atoms with Gasteiger partial charge in [-0.15, -0.1) is 11.3 Å². The molecule has 182 valence electrons. The molecule has 2 aliphatic rings. The summed E-state index contributed by atoms with van der Waals surface area (Å²) in [5.41, 5.74) is 0.772. The van der Waals surface area contributed by atoms with Gasteiger partial charge in [0.2, 0.25) is 0 Å². The van der Waals surface area contributed by atoms with Crippen LogP contribution in [0.1, 0.15) is 32.3 Å². The third kappa shape index (κ3) is 5.57. The quantitative estimate of drug-likeness (QED) is 0.658. The average Bonchev–Trinajstić information content (AvgIpc) is 3.31. The lowest BCUT2D eigenvalue weighted by molar-refractivity contribution is -0.0562. The Morgan fingerprint density at radius 1 is 1.09 bits per heavy atom. The Labute approximate surface area is 198 Å². The second-order valence-electron chi connectivity index (χ2n) is 9.40. The number of benzene rings is 1. The molecule has 2 aliphatic heterocycles. The summed E-state index contributed by atoms with van der Waals surface area (Å²) in [5, 5.41) is 12.0. The average molecular weight is 500 g/mol. The van der Waals surface area contributed by atoms with Crippen molar-refractivity contribution in [3.63, 3.8) is 0 Å². The number of nitrogens with zero attached hydrogens (tertiary/aromatic N) is 3. The van der Waals surface area contributed by atoms with E-state index in [2.05, 4.69) is 4.90 Å². The molecule has 1 atom stereocenters. The molecule has 0 bridgehead atoms. The van der Waals surface area contributed by atoms with Crippen molar-refractivity contribution < 1.29 is 22.3 Å². The second kappa shape index (κ2) is 9.22. The molecule has 0 aliphatic carbocycles. The van der Waals surface area contributed by atoms with E-state index >= 15 is 0 Å². The first-order valence-corrected chi connectivity index (χ1v) is 13.5. The van der Waals surface area contributed by atoms with Gasteiger partial charge in [-0.3, -0.25) is 0 Å². The van der Waals surface area contributed by atoms with Crippen molar-refractivity contribution in [2.45, 2.75) is 48.5 Å². The molecule has 2 aromatic rings. The van der Waals surface area contributed by atoms with E-state index in [0.29, 0.717) is 43.5 Å². The summed E-state index contributed by atoms with van der Waals surface area (Å²) in [6.07, 6.45) is -0.339. The summed E-state index contributed by atoms with van der Waals surface area (Å²) in [6, 6.07) is 10.8. The Morgan fingerprint density at radius 3 is 2.33 bits per heavy atom. The topological polar surface area (TPSA) is 64.1 Å². The van der Waals surface area contributed by atoms with Crippen molar-refractivity contribution >= 4 is 27.0 Å². The van der Waals surface area contributed by atoms with Crippen LogP contribution in [-0.2, 0) is 15.6 Å². The van der Waals surface area contributed by atoms with Gasteiger partial charge in [0.15, 0.2) is 0 Å². The van der Waals surface area contributed by atoms with Crippen LogP contribution in [0.25, 0.3) is 0 Å². The minimum atomic E-state index is -3.59. The fourth-order valence-electron chi connectivity index (χ4n) is 4.50. The maximum atomic E-state index is 13.7. The molecule has 6 nitrogen and oxygen atoms in total. The fraction of sp³-hybridized carbons (Fsp3) is 0.565. The van der Waals surface area contributed by atoms with Crippen molar-refractivity contribution in [2.24, 2.45) is 0 Å². The number of thiophene rings is 1. The Bertz CT molecular complexity index is 1030. The van der Waals surface area contributed by atoms with Crippen molar-refractivity contribution in [1.29, 1.82) is 0 Å². The highest BCUT2D eigenvalue weighted by atomic mass is 32.2. The summed E-state index contributed by atoms with van der Waals surface area (Å²) in [7, 11) is -3.59. The monoisotopic (exact) mass is 499 g/mol. The first kappa shape index (κ1) is 24.5. The molecule has 1 unspecified atom stereocenters. The number of halogens is 2. The second-order valence-corrected chi connectivity index (χ2v) is 12.5. The highest BCUT2D eigenvalue weighted by Crippen LogP contribution is 2.31. The van der Waals surface area contributed by atoms with E-state index in [0.717, 1.165) is 11.3 Å². The molecule has 3 heterocycles. The molecule has 1 aromatic carbocycles. The molecular formula is C23H31F2N3O3S2. The highest BCUT2D eigenvalue weighted by molar-refractivity contribution is 7.91. The Kier molecular flexibility index (Phi) is 6.85. The maximum absolute atomic E-state index is 13.7. The number of anilines is 1. The minimum absolute atomic E-state index is 0.169. The summed E-state index contributed by atoms with van der Waals surface area (Å²) in [5.74, 6) is -2.62. The van der Waals surface area contributed by atoms with Gasteiger partial charge < -0.3 is 14.9 Å². The number of hydrogen-bond donors (Lipinski definition) is 1. The number of piperazine rings is 1. The number of sulfonamides is 1. The zero-order chi connectivity index (χ0) is 23.9. The predicted molar refractivity (Wildman–Crippen MR) is 127 cm³/mol. The van der Waals surface area contributed by atoms with E-state index in [1.807, 2.05) is 29.2 Å². The van der Waals surface area contributed by atoms with Gasteiger partial charge in [-0.1, -0.05) is 18.2 Å². The third-order valence-corrected chi connectivity index (χ3v) is 9.73. The van der Waals surface area contributed by atoms with E-state index in [-0.39, 0.29) is 18.9 Å². The van der Waals surface area contributed by atoms with Crippen LogP contribution in [-0.4, -0.2) is 74.0 Å². The number of aliphatic hydroxyl groups is 1. The SMILES string of the molecule is CC(C)(O)c1ccc(N2CCN(S(=O)(=O)c3cccs3)CC2CN2CCC(F)(F)CC2)cc1. The Hall–Kier alpha value is -1.59. The first-order chi connectivity index (χ1) is 15.5. The van der Waals surface area contributed by atoms with Crippen LogP contribution >= 0.6 is 11.3 Å². The molecule has 0 saturated carbocycles. The molecule has 33 heavy (non-hydrogen) atoms. The molecular weight excluding hydrogens is 468 g/mol. The third-order valence-electron chi connectivity index (χ3n) is 6.50. The number of rotatable bonds is 6. The van der Waals surface area contributed by atoms with Gasteiger partial charge in [0.25, 0.3) is 15.9 Å². The lowest BCUT2D eigenvalue weighted by Gasteiger charge is -2.45. The number of piperidine rings is 1. The van der Waals surface area contributed by atoms with Crippen molar-refractivity contribution in [3.05, 3.63) is 47.3 Å². The van der Waals surface area contributed by atoms with Gasteiger partial charge in [0, 0.05) is 57.8 Å². The smallest absolute Gasteiger partial charge is 0.252 e. The van der Waals surface area contributed by atoms with E-state index in [9.17, 15) is 22.3 Å². The van der Waals surface area contributed by atoms with E-state index in [1.165, 1.54) is 15.6 Å². The lowest BCUT2D eigenvalue weighted by atomic mass is 9.98. The highest BCUT2D eigenvalue weighted by Gasteiger charge is 2.38. The number of hydrogen-bond acceptors (Lipinski definition) is 6. The van der Waals surface area contributed by atoms with E-state index in [1.54, 1.807) is 31.4 Å². The van der Waals surface area contributed by atoms with Crippen LogP contribution in [0.5, 0.6) is 0 Å². The molecule has 0 amide bonds. The van der Waals surface area contributed by atoms with Gasteiger partial charge >= 0.3 is 0 Å². The van der Waals surface area contributed by atoms with Crippen molar-refractivity contribution in [1.82, 2.24) is 9.21 Å². The lowest BCUT2D eigenvalue weighted by Crippen LogP contribution is -2.59. The fourth-order valence-corrected chi connectivity index (χ4v) is 7.11. The molecule has 0 radical (unpaired) electrons. The first-order valence-electron chi connectivity index (χ1n) is 11.2. The maximum Gasteiger partial charge on any atom is 0.252 e. The van der Waals surface area contributed by atoms with Crippen molar-refractivity contribution in [2.75, 3.05) is 44.2 Å². The van der Waals surface area contributed by atoms with Crippen LogP contribution in [0.2, 0.25) is 0 Å². The summed E-state index contributed by atoms with van der Waals surface area (Å²) in [4.78, 5) is 4.18. The normalized spacial score (nSPS) is 23.1. The standard InChI is InChI=1S/C23H31F2N3O3S2/c1-22(2,29)18-5-7-19(8-6-18)28-14-13-27(33(30,31)21-4-3-15-32-21)17-20(28)16-26-11-9-23(24,25)10-12-26/h3-8,15,20,29H,9-14,16-17H2,1-2H3. The summed E-state index contributed by atoms with van der Waals surface area (Å²) < 4.78 is 55.5. The molecule has 2 saturated heterocycles. The summed E-state index contributed by atoms with van der Waals surface area (Å²) >= 11 is 1.20. The zero-order valence-corrected chi connectivity index (χ0v) is 20.6. The van der Waals surface area contributed by atoms with Gasteiger partial charge in [0.05, 0.1) is 11.6 Å². The van der Waals surface area contributed by atoms with Crippen LogP contribution in [0.3, 0.4) is 0 Å². The van der Waals surface area contributed by atoms with Crippen LogP contribution in [0.4, 0.5) is 14.5 Å². The van der Waals surface area contributed by atoms with Crippen LogP contribution in [0, 0.1) is 0 Å². The molecule has 4 rings (SSSR count). The van der Waals surface area contributed by atoms with Gasteiger partial charge in [-0.2, -0.15) is 4.31 Å². The molecule has 1 N–H and O–H groups in total. The van der Waals surface area contributed by atoms with Crippen molar-refractivity contribution in [3.8, 4) is 0 Å². The minimum Gasteiger partial charge on any atom is -0.386 e. The van der Waals surface area contributed by atoms with Crippen LogP contribution in [0.15, 0.2) is 46.0 Å². The Morgan fingerprint density at radius 2 is 1.76 bits per heavy atom. The Balaban J connectivity index is 1.56. The number of alkyl halides is 2. The zero-order valence-electron chi connectivity index (χ0n) is 19.0. The van der Waals surface area contributed by atoms with E-state index < -0.39 is 21.5 Å². The number of likely N-dealkylation sites (tertiary alicyclic amines) is 1. The van der Waals surface area contributed by atoms with E-state index in [4.69, 9.17) is 0 Å². The molecule has 2 fully saturated rings. The predicted octanol–water partition coefficient (Wildman–Crippen LogP) is 3.59. The molecule has 10 heteroatoms. The van der Waals surface area contributed by atoms with Gasteiger partial charge in [0.1, 0.15) is 4.21 Å². The molecule has 1 aromatic heterocycles. The largest absolute Gasteiger partial charge is 0.386 e.